The Morgan fingerprint density at radius 3 is 2.37 bits per heavy atom. The zero-order valence-electron chi connectivity index (χ0n) is 14.8. The summed E-state index contributed by atoms with van der Waals surface area (Å²) in [5.74, 6) is -0.863. The summed E-state index contributed by atoms with van der Waals surface area (Å²) in [5, 5.41) is 2.47. The number of hydrogen-bond donors (Lipinski definition) is 1. The van der Waals surface area contributed by atoms with Gasteiger partial charge in [-0.2, -0.15) is 8.78 Å². The molecule has 0 aliphatic carbocycles. The first kappa shape index (κ1) is 20.6. The minimum absolute atomic E-state index is 0.0669. The summed E-state index contributed by atoms with van der Waals surface area (Å²) in [6, 6.07) is 9.40. The first-order chi connectivity index (χ1) is 12.7. The number of ether oxygens (including phenoxy) is 2. The van der Waals surface area contributed by atoms with E-state index in [9.17, 15) is 22.0 Å². The molecule has 0 saturated carbocycles. The number of benzene rings is 2. The molecule has 0 aliphatic rings. The van der Waals surface area contributed by atoms with Crippen molar-refractivity contribution in [2.24, 2.45) is 0 Å². The van der Waals surface area contributed by atoms with Crippen LogP contribution in [0.3, 0.4) is 0 Å². The molecule has 0 atom stereocenters. The van der Waals surface area contributed by atoms with Gasteiger partial charge in [-0.15, -0.1) is 0 Å². The van der Waals surface area contributed by atoms with Crippen LogP contribution in [0.2, 0.25) is 0 Å². The van der Waals surface area contributed by atoms with Crippen molar-refractivity contribution in [2.45, 2.75) is 11.5 Å². The van der Waals surface area contributed by atoms with Crippen LogP contribution in [-0.2, 0) is 10.0 Å². The van der Waals surface area contributed by atoms with Gasteiger partial charge in [0, 0.05) is 14.1 Å². The van der Waals surface area contributed by atoms with E-state index in [0.29, 0.717) is 0 Å². The quantitative estimate of drug-likeness (QED) is 0.773. The van der Waals surface area contributed by atoms with Crippen molar-refractivity contribution in [2.75, 3.05) is 26.5 Å². The van der Waals surface area contributed by atoms with Gasteiger partial charge in [-0.05, 0) is 30.3 Å². The van der Waals surface area contributed by atoms with Crippen LogP contribution < -0.4 is 14.8 Å². The second-order valence-electron chi connectivity index (χ2n) is 5.48. The highest BCUT2D eigenvalue weighted by molar-refractivity contribution is 7.89. The SMILES string of the molecule is COc1ccc(S(=O)(=O)N(C)C)cc1NC(=O)c1ccccc1OC(F)F. The molecule has 0 spiro atoms. The molecule has 7 nitrogen and oxygen atoms in total. The molecule has 0 unspecified atom stereocenters. The number of nitrogens with one attached hydrogen (secondary N) is 1. The minimum Gasteiger partial charge on any atom is -0.495 e. The van der Waals surface area contributed by atoms with Crippen LogP contribution in [0, 0.1) is 0 Å². The number of sulfonamides is 1. The molecule has 0 heterocycles. The lowest BCUT2D eigenvalue weighted by atomic mass is 10.2. The zero-order valence-corrected chi connectivity index (χ0v) is 15.6. The molecular weight excluding hydrogens is 382 g/mol. The smallest absolute Gasteiger partial charge is 0.387 e. The molecule has 10 heteroatoms. The van der Waals surface area contributed by atoms with E-state index in [-0.39, 0.29) is 27.6 Å². The van der Waals surface area contributed by atoms with E-state index in [4.69, 9.17) is 4.74 Å². The normalized spacial score (nSPS) is 11.5. The Balaban J connectivity index is 2.41. The lowest BCUT2D eigenvalue weighted by Crippen LogP contribution is -2.22. The van der Waals surface area contributed by atoms with E-state index in [1.54, 1.807) is 0 Å². The van der Waals surface area contributed by atoms with Crippen LogP contribution in [0.15, 0.2) is 47.4 Å². The minimum atomic E-state index is -3.75. The Bertz CT molecular complexity index is 933. The van der Waals surface area contributed by atoms with Gasteiger partial charge in [0.25, 0.3) is 5.91 Å². The molecule has 0 aromatic heterocycles. The number of alkyl halides is 2. The number of carbonyl (C=O) groups is 1. The highest BCUT2D eigenvalue weighted by Crippen LogP contribution is 2.30. The van der Waals surface area contributed by atoms with Gasteiger partial charge in [0.2, 0.25) is 10.0 Å². The van der Waals surface area contributed by atoms with Crippen LogP contribution in [0.5, 0.6) is 11.5 Å². The molecule has 0 fully saturated rings. The van der Waals surface area contributed by atoms with Gasteiger partial charge in [0.05, 0.1) is 23.3 Å². The monoisotopic (exact) mass is 400 g/mol. The maximum absolute atomic E-state index is 12.5. The third-order valence-corrected chi connectivity index (χ3v) is 5.36. The van der Waals surface area contributed by atoms with Crippen molar-refractivity contribution < 1.29 is 31.5 Å². The first-order valence-electron chi connectivity index (χ1n) is 7.62. The Morgan fingerprint density at radius 2 is 1.78 bits per heavy atom. The number of amides is 1. The van der Waals surface area contributed by atoms with Gasteiger partial charge in [0.15, 0.2) is 0 Å². The van der Waals surface area contributed by atoms with E-state index in [0.717, 1.165) is 4.31 Å². The van der Waals surface area contributed by atoms with E-state index in [1.807, 2.05) is 0 Å². The molecule has 2 aromatic rings. The Labute approximate surface area is 155 Å². The lowest BCUT2D eigenvalue weighted by Gasteiger charge is -2.16. The van der Waals surface area contributed by atoms with Crippen LogP contribution >= 0.6 is 0 Å². The molecular formula is C17H18F2N2O5S. The summed E-state index contributed by atoms with van der Waals surface area (Å²) in [6.45, 7) is -3.10. The van der Waals surface area contributed by atoms with Gasteiger partial charge < -0.3 is 14.8 Å². The highest BCUT2D eigenvalue weighted by atomic mass is 32.2. The van der Waals surface area contributed by atoms with Gasteiger partial charge in [-0.1, -0.05) is 12.1 Å². The fraction of sp³-hybridized carbons (Fsp3) is 0.235. The number of nitrogens with zero attached hydrogens (tertiary/aromatic N) is 1. The zero-order chi connectivity index (χ0) is 20.2. The topological polar surface area (TPSA) is 84.9 Å². The number of methoxy groups -OCH3 is 1. The van der Waals surface area contributed by atoms with Crippen molar-refractivity contribution in [1.82, 2.24) is 4.31 Å². The van der Waals surface area contributed by atoms with Gasteiger partial charge >= 0.3 is 6.61 Å². The maximum Gasteiger partial charge on any atom is 0.387 e. The Hall–Kier alpha value is -2.72. The third kappa shape index (κ3) is 4.72. The summed E-state index contributed by atoms with van der Waals surface area (Å²) in [6.07, 6.45) is 0. The predicted molar refractivity (Wildman–Crippen MR) is 94.9 cm³/mol. The summed E-state index contributed by atoms with van der Waals surface area (Å²) < 4.78 is 60.1. The predicted octanol–water partition coefficient (Wildman–Crippen LogP) is 2.80. The number of para-hydroxylation sites is 1. The van der Waals surface area contributed by atoms with E-state index in [2.05, 4.69) is 10.1 Å². The average Bonchev–Trinajstić information content (AvgIpc) is 2.61. The van der Waals surface area contributed by atoms with Crippen molar-refractivity contribution in [3.05, 3.63) is 48.0 Å². The second-order valence-corrected chi connectivity index (χ2v) is 7.63. The Kier molecular flexibility index (Phi) is 6.34. The molecule has 146 valence electrons. The second kappa shape index (κ2) is 8.31. The molecule has 0 radical (unpaired) electrons. The fourth-order valence-electron chi connectivity index (χ4n) is 2.20. The number of halogens is 2. The van der Waals surface area contributed by atoms with Crippen molar-refractivity contribution in [3.63, 3.8) is 0 Å². The largest absolute Gasteiger partial charge is 0.495 e. The molecule has 1 N–H and O–H groups in total. The van der Waals surface area contributed by atoms with E-state index in [1.165, 1.54) is 63.7 Å². The van der Waals surface area contributed by atoms with E-state index >= 15 is 0 Å². The van der Waals surface area contributed by atoms with E-state index < -0.39 is 22.5 Å². The van der Waals surface area contributed by atoms with Gasteiger partial charge in [0.1, 0.15) is 11.5 Å². The Morgan fingerprint density at radius 1 is 1.11 bits per heavy atom. The third-order valence-electron chi connectivity index (χ3n) is 3.55. The van der Waals surface area contributed by atoms with Crippen molar-refractivity contribution in [3.8, 4) is 11.5 Å². The molecule has 1 amide bonds. The molecule has 0 bridgehead atoms. The summed E-state index contributed by atoms with van der Waals surface area (Å²) in [4.78, 5) is 12.5. The van der Waals surface area contributed by atoms with Crippen LogP contribution in [0.4, 0.5) is 14.5 Å². The molecule has 0 aliphatic heterocycles. The van der Waals surface area contributed by atoms with Crippen molar-refractivity contribution >= 4 is 21.6 Å². The van der Waals surface area contributed by atoms with Crippen molar-refractivity contribution in [1.29, 1.82) is 0 Å². The maximum atomic E-state index is 12.5. The number of carbonyl (C=O) groups excluding carboxylic acids is 1. The summed E-state index contributed by atoms with van der Waals surface area (Å²) in [5.41, 5.74) is -0.0713. The van der Waals surface area contributed by atoms with Gasteiger partial charge in [-0.25, -0.2) is 12.7 Å². The number of anilines is 1. The van der Waals surface area contributed by atoms with Crippen LogP contribution in [-0.4, -0.2) is 46.4 Å². The van der Waals surface area contributed by atoms with Crippen LogP contribution in [0.25, 0.3) is 0 Å². The number of hydrogen-bond acceptors (Lipinski definition) is 5. The summed E-state index contributed by atoms with van der Waals surface area (Å²) in [7, 11) is 0.341. The van der Waals surface area contributed by atoms with Gasteiger partial charge in [-0.3, -0.25) is 4.79 Å². The lowest BCUT2D eigenvalue weighted by molar-refractivity contribution is -0.0501. The highest BCUT2D eigenvalue weighted by Gasteiger charge is 2.21. The standard InChI is InChI=1S/C17H18F2N2O5S/c1-21(2)27(23,24)11-8-9-15(25-3)13(10-11)20-16(22)12-6-4-5-7-14(12)26-17(18)19/h4-10,17H,1-3H3,(H,20,22). The first-order valence-corrected chi connectivity index (χ1v) is 9.06. The average molecular weight is 400 g/mol. The molecule has 2 rings (SSSR count). The fourth-order valence-corrected chi connectivity index (χ4v) is 3.13. The van der Waals surface area contributed by atoms with Crippen LogP contribution in [0.1, 0.15) is 10.4 Å². The molecule has 0 saturated heterocycles. The molecule has 2 aromatic carbocycles. The summed E-state index contributed by atoms with van der Waals surface area (Å²) >= 11 is 0. The number of rotatable bonds is 7. The molecule has 27 heavy (non-hydrogen) atoms.